The van der Waals surface area contributed by atoms with Crippen LogP contribution in [0.15, 0.2) is 97.6 Å². The molecule has 0 fully saturated rings. The van der Waals surface area contributed by atoms with E-state index in [1.54, 1.807) is 24.8 Å². The number of para-hydroxylation sites is 4. The Bertz CT molecular complexity index is 1580. The minimum atomic E-state index is -1.08. The number of hydrogen-bond acceptors (Lipinski definition) is 12. The molecule has 48 heavy (non-hydrogen) atoms. The number of hydrogen-bond donors (Lipinski definition) is 2. The number of carbonyl (C=O) groups excluding carboxylic acids is 4. The summed E-state index contributed by atoms with van der Waals surface area (Å²) in [6.07, 6.45) is 7.12. The molecule has 258 valence electrons. The number of nitrogens with one attached hydrogen (secondary N) is 2. The van der Waals surface area contributed by atoms with Crippen molar-refractivity contribution in [1.82, 2.24) is 29.9 Å². The fourth-order valence-corrected chi connectivity index (χ4v) is 3.18. The van der Waals surface area contributed by atoms with Crippen LogP contribution in [0.2, 0.25) is 0 Å². The molecule has 6 aromatic rings. The van der Waals surface area contributed by atoms with Gasteiger partial charge in [0.05, 0.1) is 22.1 Å². The molecule has 0 aliphatic carbocycles. The second-order valence-electron chi connectivity index (χ2n) is 8.65. The number of fused-ring (bicyclic) bond motifs is 2. The average molecular weight is 754 g/mol. The zero-order chi connectivity index (χ0) is 34.5. The summed E-state index contributed by atoms with van der Waals surface area (Å²) in [5.74, 6) is -2.60. The van der Waals surface area contributed by atoms with Crippen molar-refractivity contribution in [1.29, 1.82) is 0 Å². The van der Waals surface area contributed by atoms with Gasteiger partial charge < -0.3 is 49.6 Å². The summed E-state index contributed by atoms with van der Waals surface area (Å²) in [7, 11) is 0. The topological polar surface area (TPSA) is 244 Å². The molecule has 16 heteroatoms. The van der Waals surface area contributed by atoms with Crippen molar-refractivity contribution in [2.75, 3.05) is 0 Å². The van der Waals surface area contributed by atoms with E-state index in [0.717, 1.165) is 72.5 Å². The van der Waals surface area contributed by atoms with E-state index in [1.165, 1.54) is 0 Å². The van der Waals surface area contributed by atoms with E-state index in [9.17, 15) is 0 Å². The Kier molecular flexibility index (Phi) is 23.1. The van der Waals surface area contributed by atoms with Crippen LogP contribution in [0.1, 0.15) is 27.7 Å². The molecule has 0 unspecified atom stereocenters. The number of benzene rings is 2. The number of carboxylic acids is 4. The third kappa shape index (κ3) is 19.9. The van der Waals surface area contributed by atoms with Crippen molar-refractivity contribution >= 4 is 45.9 Å². The first-order chi connectivity index (χ1) is 21.8. The van der Waals surface area contributed by atoms with E-state index < -0.39 is 23.9 Å². The van der Waals surface area contributed by atoms with E-state index in [0.29, 0.717) is 0 Å². The van der Waals surface area contributed by atoms with Crippen LogP contribution in [-0.2, 0) is 53.3 Å². The SMILES string of the molecule is CC(=O)[O-].CC(=O)[O-].CC(=O)[O-].CC(=O)[O-].[Cu+2].[Cu+2].c1cncc(-c2nc3ccccc3[nH]2)c1.c1cncc(-c2nc3ccccc3[nH]2)c1. The monoisotopic (exact) mass is 752 g/mol. The van der Waals surface area contributed by atoms with Crippen molar-refractivity contribution in [3.05, 3.63) is 97.6 Å². The molecule has 2 N–H and O–H groups in total. The molecule has 4 heterocycles. The maximum atomic E-state index is 8.89. The second-order valence-corrected chi connectivity index (χ2v) is 8.65. The molecule has 2 aromatic carbocycles. The zero-order valence-corrected chi connectivity index (χ0v) is 27.8. The Morgan fingerprint density at radius 3 is 1.04 bits per heavy atom. The summed E-state index contributed by atoms with van der Waals surface area (Å²) in [6.45, 7) is 3.89. The first kappa shape index (κ1) is 44.7. The van der Waals surface area contributed by atoms with Crippen LogP contribution in [0.3, 0.4) is 0 Å². The number of aromatic nitrogens is 6. The van der Waals surface area contributed by atoms with Gasteiger partial charge in [0.2, 0.25) is 0 Å². The van der Waals surface area contributed by atoms with E-state index >= 15 is 0 Å². The summed E-state index contributed by atoms with van der Waals surface area (Å²) in [5.41, 5.74) is 6.09. The number of aliphatic carboxylic acids is 4. The summed E-state index contributed by atoms with van der Waals surface area (Å²) in [5, 5.41) is 35.6. The second kappa shape index (κ2) is 24.8. The largest absolute Gasteiger partial charge is 2.00 e. The molecule has 2 radical (unpaired) electrons. The standard InChI is InChI=1S/2C12H9N3.4C2H4O2.2Cu/c2*1-2-6-11-10(5-1)14-12(15-11)9-4-3-7-13-8-9;4*1-2(3)4;;/h2*1-8H,(H,14,15);4*1H3,(H,3,4);;/q;;;;;;2*+2/p-4. The minimum Gasteiger partial charge on any atom is -0.550 e. The summed E-state index contributed by atoms with van der Waals surface area (Å²) in [4.78, 5) is 59.2. The summed E-state index contributed by atoms with van der Waals surface area (Å²) >= 11 is 0. The molecule has 0 spiro atoms. The van der Waals surface area contributed by atoms with Gasteiger partial charge in [-0.05, 0) is 76.2 Å². The van der Waals surface area contributed by atoms with Gasteiger partial charge in [-0.25, -0.2) is 9.97 Å². The number of aromatic amines is 2. The minimum absolute atomic E-state index is 0. The van der Waals surface area contributed by atoms with Gasteiger partial charge in [0, 0.05) is 59.8 Å². The van der Waals surface area contributed by atoms with E-state index in [4.69, 9.17) is 39.6 Å². The van der Waals surface area contributed by atoms with E-state index in [-0.39, 0.29) is 34.1 Å². The van der Waals surface area contributed by atoms with Gasteiger partial charge in [0.1, 0.15) is 11.6 Å². The first-order valence-corrected chi connectivity index (χ1v) is 13.2. The molecule has 0 saturated heterocycles. The Morgan fingerprint density at radius 2 is 0.792 bits per heavy atom. The molecule has 6 rings (SSSR count). The normalized spacial score (nSPS) is 8.75. The molecule has 0 aliphatic heterocycles. The Morgan fingerprint density at radius 1 is 0.500 bits per heavy atom. The van der Waals surface area contributed by atoms with Crippen LogP contribution >= 0.6 is 0 Å². The number of rotatable bonds is 2. The predicted molar refractivity (Wildman–Crippen MR) is 161 cm³/mol. The number of carboxylic acid groups (broad SMARTS) is 4. The van der Waals surface area contributed by atoms with Crippen LogP contribution < -0.4 is 20.4 Å². The van der Waals surface area contributed by atoms with Crippen LogP contribution in [0.25, 0.3) is 44.8 Å². The van der Waals surface area contributed by atoms with Crippen molar-refractivity contribution in [2.45, 2.75) is 27.7 Å². The number of H-pyrrole nitrogens is 2. The predicted octanol–water partition coefficient (Wildman–Crippen LogP) is 0.270. The van der Waals surface area contributed by atoms with Gasteiger partial charge in [0.25, 0.3) is 0 Å². The quantitative estimate of drug-likeness (QED) is 0.227. The van der Waals surface area contributed by atoms with Crippen LogP contribution in [0.5, 0.6) is 0 Å². The van der Waals surface area contributed by atoms with Crippen molar-refractivity contribution in [3.8, 4) is 22.8 Å². The summed E-state index contributed by atoms with van der Waals surface area (Å²) < 4.78 is 0. The van der Waals surface area contributed by atoms with Crippen LogP contribution in [0, 0.1) is 0 Å². The van der Waals surface area contributed by atoms with Gasteiger partial charge in [-0.3, -0.25) is 9.97 Å². The van der Waals surface area contributed by atoms with Gasteiger partial charge in [-0.15, -0.1) is 0 Å². The molecule has 0 aliphatic rings. The smallest absolute Gasteiger partial charge is 0.550 e. The maximum Gasteiger partial charge on any atom is 2.00 e. The van der Waals surface area contributed by atoms with Crippen LogP contribution in [0.4, 0.5) is 0 Å². The number of carbonyl (C=O) groups is 4. The third-order valence-electron chi connectivity index (χ3n) is 4.65. The first-order valence-electron chi connectivity index (χ1n) is 13.2. The van der Waals surface area contributed by atoms with E-state index in [2.05, 4.69) is 29.9 Å². The summed E-state index contributed by atoms with van der Waals surface area (Å²) in [6, 6.07) is 23.8. The molecule has 0 bridgehead atoms. The molecule has 14 nitrogen and oxygen atoms in total. The van der Waals surface area contributed by atoms with Crippen molar-refractivity contribution < 1.29 is 73.7 Å². The maximum absolute atomic E-state index is 8.89. The van der Waals surface area contributed by atoms with Gasteiger partial charge in [-0.2, -0.15) is 0 Å². The number of pyridine rings is 2. The van der Waals surface area contributed by atoms with Gasteiger partial charge in [0.15, 0.2) is 0 Å². The number of imidazole rings is 2. The Hall–Kier alpha value is -5.40. The Balaban J connectivity index is 0. The van der Waals surface area contributed by atoms with Crippen molar-refractivity contribution in [2.24, 2.45) is 0 Å². The van der Waals surface area contributed by atoms with Gasteiger partial charge >= 0.3 is 34.1 Å². The fourth-order valence-electron chi connectivity index (χ4n) is 3.18. The zero-order valence-electron chi connectivity index (χ0n) is 25.9. The fraction of sp³-hybridized carbons (Fsp3) is 0.125. The third-order valence-corrected chi connectivity index (χ3v) is 4.65. The van der Waals surface area contributed by atoms with E-state index in [1.807, 2.05) is 72.8 Å². The molecular weight excluding hydrogens is 723 g/mol. The van der Waals surface area contributed by atoms with Crippen LogP contribution in [-0.4, -0.2) is 53.8 Å². The molecule has 0 saturated carbocycles. The molecule has 0 atom stereocenters. The van der Waals surface area contributed by atoms with Crippen molar-refractivity contribution in [3.63, 3.8) is 0 Å². The van der Waals surface area contributed by atoms with Gasteiger partial charge in [-0.1, -0.05) is 24.3 Å². The Labute approximate surface area is 296 Å². The molecule has 0 amide bonds. The molecular formula is C32H30Cu2N6O8. The molecule has 4 aromatic heterocycles. The average Bonchev–Trinajstić information content (AvgIpc) is 3.62. The number of nitrogens with zero attached hydrogens (tertiary/aromatic N) is 4.